The summed E-state index contributed by atoms with van der Waals surface area (Å²) in [4.78, 5) is 19.9. The van der Waals surface area contributed by atoms with Gasteiger partial charge in [-0.2, -0.15) is 0 Å². The molecule has 94 valence electrons. The van der Waals surface area contributed by atoms with Crippen molar-refractivity contribution in [1.29, 1.82) is 0 Å². The lowest BCUT2D eigenvalue weighted by Gasteiger charge is -1.95. The third-order valence-electron chi connectivity index (χ3n) is 1.69. The Morgan fingerprint density at radius 2 is 1.88 bits per heavy atom. The summed E-state index contributed by atoms with van der Waals surface area (Å²) < 4.78 is 4.54. The Bertz CT molecular complexity index is 338. The van der Waals surface area contributed by atoms with Gasteiger partial charge in [0.25, 0.3) is 0 Å². The molecule has 0 bridgehead atoms. The molecule has 0 saturated carbocycles. The first-order valence-corrected chi connectivity index (χ1v) is 5.58. The van der Waals surface area contributed by atoms with E-state index in [0.717, 1.165) is 12.8 Å². The van der Waals surface area contributed by atoms with Gasteiger partial charge in [0.05, 0.1) is 0 Å². The highest BCUT2D eigenvalue weighted by Gasteiger charge is 1.95. The Kier molecular flexibility index (Phi) is 8.78. The molecule has 0 fully saturated rings. The number of hydrogen-bond acceptors (Lipinski definition) is 3. The summed E-state index contributed by atoms with van der Waals surface area (Å²) >= 11 is 4.95. The lowest BCUT2D eigenvalue weighted by atomic mass is 10.3. The maximum absolute atomic E-state index is 10.2. The molecule has 4 nitrogen and oxygen atoms in total. The molecule has 5 heteroatoms. The number of carbonyl (C=O) groups excluding carboxylic acids is 1. The van der Waals surface area contributed by atoms with Gasteiger partial charge in [-0.25, -0.2) is 4.79 Å². The second-order valence-corrected chi connectivity index (χ2v) is 3.46. The lowest BCUT2D eigenvalue weighted by Crippen LogP contribution is -1.94. The van der Waals surface area contributed by atoms with Gasteiger partial charge in [0, 0.05) is 18.0 Å². The van der Waals surface area contributed by atoms with Gasteiger partial charge in [0.1, 0.15) is 5.75 Å². The van der Waals surface area contributed by atoms with Crippen molar-refractivity contribution in [2.24, 2.45) is 0 Å². The van der Waals surface area contributed by atoms with Crippen molar-refractivity contribution in [1.82, 2.24) is 0 Å². The van der Waals surface area contributed by atoms with Crippen LogP contribution in [0.1, 0.15) is 26.2 Å². The number of rotatable bonds is 4. The minimum atomic E-state index is -0.814. The number of carboxylic acid groups (broad SMARTS) is 1. The van der Waals surface area contributed by atoms with Gasteiger partial charge < -0.3 is 9.84 Å². The molecule has 0 amide bonds. The van der Waals surface area contributed by atoms with E-state index in [1.54, 1.807) is 24.3 Å². The van der Waals surface area contributed by atoms with Crippen LogP contribution in [0.15, 0.2) is 30.3 Å². The largest absolute Gasteiger partial charge is 0.481 e. The maximum Gasteiger partial charge on any atom is 0.409 e. The quantitative estimate of drug-likeness (QED) is 0.837. The lowest BCUT2D eigenvalue weighted by molar-refractivity contribution is -0.137. The Balaban J connectivity index is 0.000000325. The predicted octanol–water partition coefficient (Wildman–Crippen LogP) is 3.69. The number of hydrogen-bond donors (Lipinski definition) is 1. The molecule has 0 atom stereocenters. The molecule has 0 aliphatic heterocycles. The zero-order valence-corrected chi connectivity index (χ0v) is 10.3. The Labute approximate surface area is 105 Å². The van der Waals surface area contributed by atoms with Crippen molar-refractivity contribution in [3.05, 3.63) is 30.3 Å². The molecule has 0 saturated heterocycles. The molecule has 0 heterocycles. The van der Waals surface area contributed by atoms with Crippen molar-refractivity contribution >= 4 is 23.0 Å². The number of ether oxygens (including phenoxy) is 1. The average molecular weight is 259 g/mol. The van der Waals surface area contributed by atoms with Crippen molar-refractivity contribution in [2.75, 3.05) is 0 Å². The first-order chi connectivity index (χ1) is 8.06. The molecule has 1 N–H and O–H groups in total. The van der Waals surface area contributed by atoms with Crippen molar-refractivity contribution < 1.29 is 19.4 Å². The predicted molar refractivity (Wildman–Crippen MR) is 65.5 cm³/mol. The standard InChI is InChI=1S/C7H5ClO2.C5H10O2/c8-7(9)10-6-4-2-1-3-5-6;1-2-3-4-5(6)7/h1-5H;2-4H2,1H3,(H,6,7). The van der Waals surface area contributed by atoms with Crippen LogP contribution in [-0.2, 0) is 4.79 Å². The Morgan fingerprint density at radius 1 is 1.29 bits per heavy atom. The van der Waals surface area contributed by atoms with Crippen molar-refractivity contribution in [2.45, 2.75) is 26.2 Å². The molecule has 0 unspecified atom stereocenters. The Hall–Kier alpha value is -1.55. The number of benzene rings is 1. The van der Waals surface area contributed by atoms with Gasteiger partial charge in [-0.05, 0) is 18.6 Å². The van der Waals surface area contributed by atoms with Gasteiger partial charge in [0.2, 0.25) is 0 Å². The van der Waals surface area contributed by atoms with E-state index < -0.39 is 11.4 Å². The minimum Gasteiger partial charge on any atom is -0.481 e. The third-order valence-corrected chi connectivity index (χ3v) is 1.76. The molecule has 0 aliphatic carbocycles. The van der Waals surface area contributed by atoms with Gasteiger partial charge in [-0.3, -0.25) is 4.79 Å². The first kappa shape index (κ1) is 15.4. The van der Waals surface area contributed by atoms with E-state index in [2.05, 4.69) is 4.74 Å². The van der Waals surface area contributed by atoms with Crippen LogP contribution in [0.4, 0.5) is 4.79 Å². The molecule has 1 aromatic carbocycles. The number of halogens is 1. The second kappa shape index (κ2) is 9.66. The molecule has 0 aliphatic rings. The third kappa shape index (κ3) is 10.7. The summed E-state index contributed by atoms with van der Waals surface area (Å²) in [6.45, 7) is 1.98. The number of carboxylic acids is 1. The molecule has 1 rings (SSSR count). The van der Waals surface area contributed by atoms with Gasteiger partial charge >= 0.3 is 11.4 Å². The number of unbranched alkanes of at least 4 members (excludes halogenated alkanes) is 1. The molecular weight excluding hydrogens is 244 g/mol. The van der Waals surface area contributed by atoms with Crippen LogP contribution in [0.3, 0.4) is 0 Å². The fraction of sp³-hybridized carbons (Fsp3) is 0.333. The van der Waals surface area contributed by atoms with E-state index in [0.29, 0.717) is 12.2 Å². The zero-order chi connectivity index (χ0) is 13.1. The first-order valence-electron chi connectivity index (χ1n) is 5.20. The number of para-hydroxylation sites is 1. The highest BCUT2D eigenvalue weighted by atomic mass is 35.5. The molecule has 17 heavy (non-hydrogen) atoms. The van der Waals surface area contributed by atoms with Crippen LogP contribution < -0.4 is 4.74 Å². The molecule has 0 spiro atoms. The normalized spacial score (nSPS) is 8.82. The van der Waals surface area contributed by atoms with Crippen LogP contribution in [0, 0.1) is 0 Å². The second-order valence-electron chi connectivity index (χ2n) is 3.15. The van der Waals surface area contributed by atoms with E-state index in [4.69, 9.17) is 16.7 Å². The highest BCUT2D eigenvalue weighted by Crippen LogP contribution is 2.09. The summed E-state index contributed by atoms with van der Waals surface area (Å²) in [6.07, 6.45) is 2.08. The SMILES string of the molecule is CCCCC(=O)O.O=C(Cl)Oc1ccccc1. The van der Waals surface area contributed by atoms with Crippen LogP contribution in [-0.4, -0.2) is 16.5 Å². The maximum atomic E-state index is 10.2. The van der Waals surface area contributed by atoms with E-state index in [-0.39, 0.29) is 0 Å². The summed E-state index contributed by atoms with van der Waals surface area (Å²) in [6, 6.07) is 8.65. The van der Waals surface area contributed by atoms with E-state index in [9.17, 15) is 9.59 Å². The van der Waals surface area contributed by atoms with Gasteiger partial charge in [0.15, 0.2) is 0 Å². The topological polar surface area (TPSA) is 63.6 Å². The smallest absolute Gasteiger partial charge is 0.409 e. The van der Waals surface area contributed by atoms with Crippen LogP contribution in [0.25, 0.3) is 0 Å². The molecule has 0 radical (unpaired) electrons. The fourth-order valence-corrected chi connectivity index (χ4v) is 0.998. The number of carbonyl (C=O) groups is 2. The van der Waals surface area contributed by atoms with Gasteiger partial charge in [-0.1, -0.05) is 31.5 Å². The average Bonchev–Trinajstić information content (AvgIpc) is 2.27. The highest BCUT2D eigenvalue weighted by molar-refractivity contribution is 6.61. The summed E-state index contributed by atoms with van der Waals surface area (Å²) in [5.41, 5.74) is -0.814. The van der Waals surface area contributed by atoms with Crippen molar-refractivity contribution in [3.8, 4) is 5.75 Å². The van der Waals surface area contributed by atoms with Crippen LogP contribution in [0.5, 0.6) is 5.75 Å². The minimum absolute atomic E-state index is 0.316. The van der Waals surface area contributed by atoms with Crippen LogP contribution in [0.2, 0.25) is 0 Å². The molecule has 0 aromatic heterocycles. The monoisotopic (exact) mass is 258 g/mol. The van der Waals surface area contributed by atoms with E-state index in [1.165, 1.54) is 0 Å². The summed E-state index contributed by atoms with van der Waals surface area (Å²) in [5.74, 6) is -0.232. The molecule has 1 aromatic rings. The summed E-state index contributed by atoms with van der Waals surface area (Å²) in [5, 5.41) is 8.04. The summed E-state index contributed by atoms with van der Waals surface area (Å²) in [7, 11) is 0. The zero-order valence-electron chi connectivity index (χ0n) is 9.56. The van der Waals surface area contributed by atoms with E-state index >= 15 is 0 Å². The van der Waals surface area contributed by atoms with Crippen LogP contribution >= 0.6 is 11.6 Å². The number of aliphatic carboxylic acids is 1. The fourth-order valence-electron chi connectivity index (χ4n) is 0.909. The molecular formula is C12H15ClO4. The van der Waals surface area contributed by atoms with Gasteiger partial charge in [-0.15, -0.1) is 0 Å². The Morgan fingerprint density at radius 3 is 2.24 bits per heavy atom. The van der Waals surface area contributed by atoms with E-state index in [1.807, 2.05) is 13.0 Å². The van der Waals surface area contributed by atoms with Crippen molar-refractivity contribution in [3.63, 3.8) is 0 Å².